The average molecular weight is 388 g/mol. The van der Waals surface area contributed by atoms with Gasteiger partial charge in [0.2, 0.25) is 5.91 Å². The lowest BCUT2D eigenvalue weighted by atomic mass is 10.2. The van der Waals surface area contributed by atoms with E-state index in [-0.39, 0.29) is 5.91 Å². The summed E-state index contributed by atoms with van der Waals surface area (Å²) < 4.78 is 5.25. The third-order valence-electron chi connectivity index (χ3n) is 4.88. The number of amides is 1. The molecule has 2 aromatic rings. The van der Waals surface area contributed by atoms with Crippen molar-refractivity contribution in [3.05, 3.63) is 59.1 Å². The molecule has 0 spiro atoms. The molecule has 0 atom stereocenters. The van der Waals surface area contributed by atoms with Gasteiger partial charge in [0.25, 0.3) is 0 Å². The van der Waals surface area contributed by atoms with E-state index in [9.17, 15) is 4.79 Å². The molecular formula is C21H26ClN3O2. The fourth-order valence-corrected chi connectivity index (χ4v) is 3.47. The first-order valence-electron chi connectivity index (χ1n) is 9.15. The summed E-state index contributed by atoms with van der Waals surface area (Å²) in [7, 11) is 3.50. The van der Waals surface area contributed by atoms with E-state index in [0.717, 1.165) is 48.2 Å². The third kappa shape index (κ3) is 5.37. The molecule has 144 valence electrons. The zero-order valence-corrected chi connectivity index (χ0v) is 16.7. The largest absolute Gasteiger partial charge is 0.497 e. The lowest BCUT2D eigenvalue weighted by Crippen LogP contribution is -2.49. The number of benzene rings is 2. The van der Waals surface area contributed by atoms with Crippen LogP contribution in [0.15, 0.2) is 48.5 Å². The predicted octanol–water partition coefficient (Wildman–Crippen LogP) is 3.13. The molecule has 0 aliphatic carbocycles. The minimum atomic E-state index is 0.133. The van der Waals surface area contributed by atoms with Crippen molar-refractivity contribution in [2.75, 3.05) is 51.8 Å². The van der Waals surface area contributed by atoms with Gasteiger partial charge in [0.15, 0.2) is 0 Å². The highest BCUT2D eigenvalue weighted by atomic mass is 35.5. The van der Waals surface area contributed by atoms with Crippen LogP contribution in [0.3, 0.4) is 0 Å². The number of likely N-dealkylation sites (N-methyl/N-ethyl adjacent to an activating group) is 1. The number of nitrogens with zero attached hydrogens (tertiary/aromatic N) is 3. The van der Waals surface area contributed by atoms with E-state index in [1.165, 1.54) is 0 Å². The van der Waals surface area contributed by atoms with E-state index in [1.54, 1.807) is 12.0 Å². The fourth-order valence-electron chi connectivity index (χ4n) is 3.28. The smallest absolute Gasteiger partial charge is 0.236 e. The van der Waals surface area contributed by atoms with Crippen LogP contribution in [0.25, 0.3) is 0 Å². The molecule has 0 N–H and O–H groups in total. The molecule has 0 bridgehead atoms. The van der Waals surface area contributed by atoms with Crippen LogP contribution < -0.4 is 9.64 Å². The number of halogens is 1. The summed E-state index contributed by atoms with van der Waals surface area (Å²) in [4.78, 5) is 18.9. The molecular weight excluding hydrogens is 362 g/mol. The van der Waals surface area contributed by atoms with Crippen molar-refractivity contribution < 1.29 is 9.53 Å². The number of anilines is 1. The molecule has 1 heterocycles. The second-order valence-corrected chi connectivity index (χ2v) is 7.28. The number of methoxy groups -OCH3 is 1. The van der Waals surface area contributed by atoms with Gasteiger partial charge in [-0.3, -0.25) is 9.69 Å². The van der Waals surface area contributed by atoms with E-state index < -0.39 is 0 Å². The van der Waals surface area contributed by atoms with Crippen LogP contribution >= 0.6 is 11.6 Å². The first kappa shape index (κ1) is 19.5. The van der Waals surface area contributed by atoms with Crippen molar-refractivity contribution in [3.8, 4) is 5.75 Å². The Bertz CT molecular complexity index is 776. The summed E-state index contributed by atoms with van der Waals surface area (Å²) in [6.07, 6.45) is 0. The molecule has 5 nitrogen and oxygen atoms in total. The molecule has 1 saturated heterocycles. The number of hydrogen-bond donors (Lipinski definition) is 0. The summed E-state index contributed by atoms with van der Waals surface area (Å²) in [5.74, 6) is 0.944. The zero-order valence-electron chi connectivity index (χ0n) is 15.9. The van der Waals surface area contributed by atoms with Gasteiger partial charge in [-0.25, -0.2) is 0 Å². The number of rotatable bonds is 6. The number of carbonyl (C=O) groups is 1. The monoisotopic (exact) mass is 387 g/mol. The molecule has 3 rings (SSSR count). The van der Waals surface area contributed by atoms with Crippen molar-refractivity contribution in [1.82, 2.24) is 9.80 Å². The van der Waals surface area contributed by atoms with Crippen LogP contribution in [0.5, 0.6) is 5.75 Å². The third-order valence-corrected chi connectivity index (χ3v) is 5.12. The molecule has 27 heavy (non-hydrogen) atoms. The Labute approximate surface area is 166 Å². The Morgan fingerprint density at radius 2 is 1.85 bits per heavy atom. The Morgan fingerprint density at radius 1 is 1.11 bits per heavy atom. The van der Waals surface area contributed by atoms with Gasteiger partial charge in [-0.15, -0.1) is 0 Å². The zero-order chi connectivity index (χ0) is 19.2. The topological polar surface area (TPSA) is 36.0 Å². The van der Waals surface area contributed by atoms with Gasteiger partial charge in [0, 0.05) is 50.5 Å². The summed E-state index contributed by atoms with van der Waals surface area (Å²) in [6, 6.07) is 15.8. The van der Waals surface area contributed by atoms with Crippen LogP contribution in [0.2, 0.25) is 5.02 Å². The van der Waals surface area contributed by atoms with Crippen molar-refractivity contribution in [3.63, 3.8) is 0 Å². The van der Waals surface area contributed by atoms with Gasteiger partial charge in [-0.1, -0.05) is 29.8 Å². The normalized spacial score (nSPS) is 14.9. The number of piperazine rings is 1. The van der Waals surface area contributed by atoms with E-state index in [2.05, 4.69) is 15.9 Å². The summed E-state index contributed by atoms with van der Waals surface area (Å²) in [5, 5.41) is 0.754. The second-order valence-electron chi connectivity index (χ2n) is 6.84. The summed E-state index contributed by atoms with van der Waals surface area (Å²) in [6.45, 7) is 4.55. The summed E-state index contributed by atoms with van der Waals surface area (Å²) >= 11 is 6.09. The second kappa shape index (κ2) is 9.11. The number of ether oxygens (including phenoxy) is 1. The maximum Gasteiger partial charge on any atom is 0.236 e. The Kier molecular flexibility index (Phi) is 6.58. The van der Waals surface area contributed by atoms with Crippen molar-refractivity contribution in [2.24, 2.45) is 0 Å². The quantitative estimate of drug-likeness (QED) is 0.763. The highest BCUT2D eigenvalue weighted by Gasteiger charge is 2.21. The van der Waals surface area contributed by atoms with Gasteiger partial charge in [-0.2, -0.15) is 0 Å². The Balaban J connectivity index is 1.48. The van der Waals surface area contributed by atoms with Crippen molar-refractivity contribution in [1.29, 1.82) is 0 Å². The van der Waals surface area contributed by atoms with Crippen LogP contribution in [0.4, 0.5) is 5.69 Å². The molecule has 0 aromatic heterocycles. The molecule has 0 radical (unpaired) electrons. The molecule has 6 heteroatoms. The van der Waals surface area contributed by atoms with Crippen LogP contribution in [0, 0.1) is 0 Å². The Hall–Kier alpha value is -2.24. The van der Waals surface area contributed by atoms with E-state index >= 15 is 0 Å². The SMILES string of the molecule is COc1cccc(CN(C)C(=O)CN2CCN(c3cccc(Cl)c3)CC2)c1. The maximum atomic E-state index is 12.6. The summed E-state index contributed by atoms with van der Waals surface area (Å²) in [5.41, 5.74) is 2.21. The number of hydrogen-bond acceptors (Lipinski definition) is 4. The molecule has 0 saturated carbocycles. The lowest BCUT2D eigenvalue weighted by Gasteiger charge is -2.36. The molecule has 0 unspecified atom stereocenters. The standard InChI is InChI=1S/C21H26ClN3O2/c1-23(15-17-5-3-8-20(13-17)27-2)21(26)16-24-9-11-25(12-10-24)19-7-4-6-18(22)14-19/h3-8,13-14H,9-12,15-16H2,1-2H3. The van der Waals surface area contributed by atoms with Crippen molar-refractivity contribution >= 4 is 23.2 Å². The van der Waals surface area contributed by atoms with Crippen LogP contribution in [-0.2, 0) is 11.3 Å². The van der Waals surface area contributed by atoms with Crippen molar-refractivity contribution in [2.45, 2.75) is 6.54 Å². The average Bonchev–Trinajstić information content (AvgIpc) is 2.68. The highest BCUT2D eigenvalue weighted by Crippen LogP contribution is 2.21. The first-order chi connectivity index (χ1) is 13.0. The van der Waals surface area contributed by atoms with E-state index in [1.807, 2.05) is 49.5 Å². The van der Waals surface area contributed by atoms with Gasteiger partial charge in [-0.05, 0) is 35.9 Å². The van der Waals surface area contributed by atoms with E-state index in [0.29, 0.717) is 13.1 Å². The lowest BCUT2D eigenvalue weighted by molar-refractivity contribution is -0.131. The van der Waals surface area contributed by atoms with Crippen LogP contribution in [-0.4, -0.2) is 62.6 Å². The molecule has 2 aromatic carbocycles. The molecule has 1 fully saturated rings. The molecule has 1 aliphatic heterocycles. The van der Waals surface area contributed by atoms with Gasteiger partial charge < -0.3 is 14.5 Å². The predicted molar refractivity (Wildman–Crippen MR) is 110 cm³/mol. The van der Waals surface area contributed by atoms with Gasteiger partial charge >= 0.3 is 0 Å². The van der Waals surface area contributed by atoms with E-state index in [4.69, 9.17) is 16.3 Å². The fraction of sp³-hybridized carbons (Fsp3) is 0.381. The number of carbonyl (C=O) groups excluding carboxylic acids is 1. The minimum Gasteiger partial charge on any atom is -0.497 e. The van der Waals surface area contributed by atoms with Gasteiger partial charge in [0.1, 0.15) is 5.75 Å². The maximum absolute atomic E-state index is 12.6. The van der Waals surface area contributed by atoms with Gasteiger partial charge in [0.05, 0.1) is 13.7 Å². The Morgan fingerprint density at radius 3 is 2.56 bits per heavy atom. The van der Waals surface area contributed by atoms with Crippen LogP contribution in [0.1, 0.15) is 5.56 Å². The first-order valence-corrected chi connectivity index (χ1v) is 9.53. The molecule has 1 aliphatic rings. The highest BCUT2D eigenvalue weighted by molar-refractivity contribution is 6.30. The minimum absolute atomic E-state index is 0.133. The molecule has 1 amide bonds.